The van der Waals surface area contributed by atoms with Crippen LogP contribution in [0.15, 0.2) is 23.8 Å². The zero-order valence-corrected chi connectivity index (χ0v) is 13.7. The Morgan fingerprint density at radius 2 is 2.19 bits per heavy atom. The van der Waals surface area contributed by atoms with Crippen molar-refractivity contribution in [3.63, 3.8) is 0 Å². The van der Waals surface area contributed by atoms with Crippen molar-refractivity contribution in [2.45, 2.75) is 33.7 Å². The van der Waals surface area contributed by atoms with Gasteiger partial charge in [0.05, 0.1) is 17.8 Å². The predicted octanol–water partition coefficient (Wildman–Crippen LogP) is 3.21. The minimum atomic E-state index is 0.636. The molecule has 2 rings (SSSR count). The van der Waals surface area contributed by atoms with Crippen molar-refractivity contribution in [1.29, 1.82) is 0 Å². The summed E-state index contributed by atoms with van der Waals surface area (Å²) in [5, 5.41) is 3.43. The second kappa shape index (κ2) is 8.10. The molecule has 0 fully saturated rings. The summed E-state index contributed by atoms with van der Waals surface area (Å²) in [7, 11) is 0. The maximum Gasteiger partial charge on any atom is 0.217 e. The zero-order valence-electron chi connectivity index (χ0n) is 12.9. The summed E-state index contributed by atoms with van der Waals surface area (Å²) >= 11 is 1.68. The molecule has 5 heteroatoms. The maximum absolute atomic E-state index is 5.85. The number of aryl methyl sites for hydroxylation is 1. The van der Waals surface area contributed by atoms with Crippen LogP contribution in [-0.2, 0) is 13.0 Å². The van der Waals surface area contributed by atoms with Gasteiger partial charge in [0.1, 0.15) is 0 Å². The van der Waals surface area contributed by atoms with Gasteiger partial charge in [-0.1, -0.05) is 19.9 Å². The summed E-state index contributed by atoms with van der Waals surface area (Å²) in [6.45, 7) is 8.86. The number of nitrogens with zero attached hydrogens (tertiary/aromatic N) is 2. The van der Waals surface area contributed by atoms with E-state index in [-0.39, 0.29) is 0 Å². The van der Waals surface area contributed by atoms with Crippen molar-refractivity contribution in [3.8, 4) is 5.88 Å². The highest BCUT2D eigenvalue weighted by Crippen LogP contribution is 2.16. The molecule has 2 aromatic rings. The van der Waals surface area contributed by atoms with Crippen molar-refractivity contribution in [2.24, 2.45) is 5.92 Å². The Hall–Kier alpha value is -1.46. The van der Waals surface area contributed by atoms with Crippen LogP contribution in [0, 0.1) is 12.8 Å². The van der Waals surface area contributed by atoms with Crippen molar-refractivity contribution in [1.82, 2.24) is 15.3 Å². The number of thiazole rings is 1. The van der Waals surface area contributed by atoms with Crippen LogP contribution in [0.4, 0.5) is 0 Å². The molecule has 4 nitrogen and oxygen atoms in total. The highest BCUT2D eigenvalue weighted by molar-refractivity contribution is 7.09. The van der Waals surface area contributed by atoms with Crippen LogP contribution in [0.5, 0.6) is 5.88 Å². The van der Waals surface area contributed by atoms with Gasteiger partial charge in [-0.3, -0.25) is 0 Å². The van der Waals surface area contributed by atoms with E-state index in [9.17, 15) is 0 Å². The summed E-state index contributed by atoms with van der Waals surface area (Å²) in [6, 6.07) is 4.01. The average molecular weight is 305 g/mol. The van der Waals surface area contributed by atoms with E-state index in [0.29, 0.717) is 12.5 Å². The smallest absolute Gasteiger partial charge is 0.217 e. The lowest BCUT2D eigenvalue weighted by atomic mass is 10.2. The van der Waals surface area contributed by atoms with Gasteiger partial charge in [-0.25, -0.2) is 9.97 Å². The third-order valence-electron chi connectivity index (χ3n) is 3.13. The molecule has 1 N–H and O–H groups in total. The first kappa shape index (κ1) is 15.9. The first-order chi connectivity index (χ1) is 10.2. The molecular weight excluding hydrogens is 282 g/mol. The van der Waals surface area contributed by atoms with Crippen LogP contribution in [-0.4, -0.2) is 23.1 Å². The Bertz CT molecular complexity index is 554. The van der Waals surface area contributed by atoms with E-state index in [1.807, 2.05) is 18.5 Å². The number of rotatable bonds is 8. The highest BCUT2D eigenvalue weighted by atomic mass is 32.1. The molecule has 0 atom stereocenters. The van der Waals surface area contributed by atoms with Gasteiger partial charge >= 0.3 is 0 Å². The Morgan fingerprint density at radius 1 is 1.33 bits per heavy atom. The van der Waals surface area contributed by atoms with Crippen LogP contribution in [0.25, 0.3) is 0 Å². The van der Waals surface area contributed by atoms with Crippen molar-refractivity contribution in [2.75, 3.05) is 13.2 Å². The van der Waals surface area contributed by atoms with Gasteiger partial charge in [-0.15, -0.1) is 11.3 Å². The number of hydrogen-bond acceptors (Lipinski definition) is 5. The molecule has 0 aliphatic heterocycles. The average Bonchev–Trinajstić information content (AvgIpc) is 2.86. The summed E-state index contributed by atoms with van der Waals surface area (Å²) in [5.74, 6) is 1.37. The van der Waals surface area contributed by atoms with Gasteiger partial charge in [0.2, 0.25) is 5.88 Å². The largest absolute Gasteiger partial charge is 0.477 e. The molecule has 2 aromatic heterocycles. The topological polar surface area (TPSA) is 47.0 Å². The molecule has 0 amide bonds. The lowest BCUT2D eigenvalue weighted by Crippen LogP contribution is -2.19. The summed E-state index contributed by atoms with van der Waals surface area (Å²) in [6.07, 6.45) is 2.66. The third kappa shape index (κ3) is 5.10. The van der Waals surface area contributed by atoms with Crippen LogP contribution in [0.2, 0.25) is 0 Å². The summed E-state index contributed by atoms with van der Waals surface area (Å²) in [4.78, 5) is 9.88. The number of pyridine rings is 1. The molecule has 0 radical (unpaired) electrons. The van der Waals surface area contributed by atoms with Gasteiger partial charge in [0.15, 0.2) is 0 Å². The Balaban J connectivity index is 1.86. The lowest BCUT2D eigenvalue weighted by molar-refractivity contribution is 0.305. The molecule has 21 heavy (non-hydrogen) atoms. The number of aromatic nitrogens is 2. The van der Waals surface area contributed by atoms with Gasteiger partial charge in [-0.05, 0) is 25.5 Å². The fourth-order valence-electron chi connectivity index (χ4n) is 1.99. The number of nitrogens with one attached hydrogen (secondary N) is 1. The zero-order chi connectivity index (χ0) is 15.1. The first-order valence-corrected chi connectivity index (χ1v) is 8.21. The van der Waals surface area contributed by atoms with Gasteiger partial charge < -0.3 is 10.1 Å². The molecule has 0 saturated carbocycles. The first-order valence-electron chi connectivity index (χ1n) is 7.33. The molecule has 0 unspecified atom stereocenters. The van der Waals surface area contributed by atoms with Crippen LogP contribution in [0.3, 0.4) is 0 Å². The highest BCUT2D eigenvalue weighted by Gasteiger charge is 2.06. The molecule has 0 aromatic carbocycles. The Labute approximate surface area is 130 Å². The fourth-order valence-corrected chi connectivity index (χ4v) is 2.75. The number of hydrogen-bond donors (Lipinski definition) is 1. The monoisotopic (exact) mass is 305 g/mol. The summed E-state index contributed by atoms with van der Waals surface area (Å²) < 4.78 is 5.85. The molecule has 0 aliphatic carbocycles. The summed E-state index contributed by atoms with van der Waals surface area (Å²) in [5.41, 5.74) is 4.09. The Morgan fingerprint density at radius 3 is 2.90 bits per heavy atom. The minimum Gasteiger partial charge on any atom is -0.477 e. The molecule has 114 valence electrons. The SMILES string of the molecule is Cc1ncsc1CCOc1ncccc1CNCC(C)C. The van der Waals surface area contributed by atoms with Crippen molar-refractivity contribution >= 4 is 11.3 Å². The molecule has 2 heterocycles. The lowest BCUT2D eigenvalue weighted by Gasteiger charge is -2.11. The van der Waals surface area contributed by atoms with E-state index < -0.39 is 0 Å². The number of ether oxygens (including phenoxy) is 1. The second-order valence-electron chi connectivity index (χ2n) is 5.45. The van der Waals surface area contributed by atoms with Gasteiger partial charge in [0, 0.05) is 29.6 Å². The van der Waals surface area contributed by atoms with Crippen molar-refractivity contribution in [3.05, 3.63) is 40.0 Å². The van der Waals surface area contributed by atoms with Crippen LogP contribution < -0.4 is 10.1 Å². The third-order valence-corrected chi connectivity index (χ3v) is 4.13. The molecular formula is C16H23N3OS. The van der Waals surface area contributed by atoms with E-state index in [2.05, 4.69) is 35.2 Å². The van der Waals surface area contributed by atoms with Gasteiger partial charge in [0.25, 0.3) is 0 Å². The van der Waals surface area contributed by atoms with Gasteiger partial charge in [-0.2, -0.15) is 0 Å². The van der Waals surface area contributed by atoms with E-state index >= 15 is 0 Å². The maximum atomic E-state index is 5.85. The molecule has 0 saturated heterocycles. The van der Waals surface area contributed by atoms with Crippen LogP contribution in [0.1, 0.15) is 30.0 Å². The van der Waals surface area contributed by atoms with E-state index in [0.717, 1.165) is 36.6 Å². The minimum absolute atomic E-state index is 0.636. The van der Waals surface area contributed by atoms with E-state index in [1.54, 1.807) is 17.5 Å². The molecule has 0 spiro atoms. The van der Waals surface area contributed by atoms with E-state index in [4.69, 9.17) is 4.74 Å². The molecule has 0 bridgehead atoms. The normalized spacial score (nSPS) is 11.0. The fraction of sp³-hybridized carbons (Fsp3) is 0.500. The van der Waals surface area contributed by atoms with E-state index in [1.165, 1.54) is 4.88 Å². The Kier molecular flexibility index (Phi) is 6.14. The van der Waals surface area contributed by atoms with Crippen LogP contribution >= 0.6 is 11.3 Å². The van der Waals surface area contributed by atoms with Crippen molar-refractivity contribution < 1.29 is 4.74 Å². The predicted molar refractivity (Wildman–Crippen MR) is 86.8 cm³/mol. The molecule has 0 aliphatic rings. The standard InChI is InChI=1S/C16H23N3OS/c1-12(2)9-17-10-14-5-4-7-18-16(14)20-8-6-15-13(3)19-11-21-15/h4-5,7,11-12,17H,6,8-10H2,1-3H3. The quantitative estimate of drug-likeness (QED) is 0.813. The second-order valence-corrected chi connectivity index (χ2v) is 6.39.